The van der Waals surface area contributed by atoms with Gasteiger partial charge in [0, 0.05) is 0 Å². The number of fused-ring (bicyclic) bond motifs is 1. The van der Waals surface area contributed by atoms with E-state index in [1.165, 1.54) is 16.7 Å². The van der Waals surface area contributed by atoms with Gasteiger partial charge in [-0.2, -0.15) is 0 Å². The van der Waals surface area contributed by atoms with Crippen molar-refractivity contribution in [1.82, 2.24) is 0 Å². The average molecular weight is 395 g/mol. The van der Waals surface area contributed by atoms with Crippen molar-refractivity contribution in [2.75, 3.05) is 0 Å². The molecule has 1 atom stereocenters. The molecular formula is C14H20Cl2OSiZr. The minimum atomic E-state index is -0.840. The molecule has 1 aromatic carbocycles. The van der Waals surface area contributed by atoms with E-state index < -0.39 is 32.7 Å². The summed E-state index contributed by atoms with van der Waals surface area (Å²) >= 11 is -0.740. The van der Waals surface area contributed by atoms with E-state index in [4.69, 9.17) is 2.50 Å². The van der Waals surface area contributed by atoms with Gasteiger partial charge in [0.05, 0.1) is 0 Å². The fourth-order valence-electron chi connectivity index (χ4n) is 2.29. The molecule has 0 fully saturated rings. The molecule has 19 heavy (non-hydrogen) atoms. The molecule has 0 bridgehead atoms. The summed E-state index contributed by atoms with van der Waals surface area (Å²) in [6, 6.07) is 6.77. The van der Waals surface area contributed by atoms with Crippen molar-refractivity contribution >= 4 is 15.1 Å². The molecule has 0 N–H and O–H groups in total. The second kappa shape index (κ2) is 8.79. The number of aryl methyl sites for hydroxylation is 1. The van der Waals surface area contributed by atoms with Gasteiger partial charge in [0.2, 0.25) is 0 Å². The van der Waals surface area contributed by atoms with Crippen LogP contribution in [0.3, 0.4) is 0 Å². The van der Waals surface area contributed by atoms with Crippen molar-refractivity contribution in [3.05, 3.63) is 40.5 Å². The molecule has 0 saturated heterocycles. The zero-order valence-corrected chi connectivity index (χ0v) is 17.0. The van der Waals surface area contributed by atoms with Crippen LogP contribution in [0, 0.1) is 0 Å². The van der Waals surface area contributed by atoms with E-state index in [1.54, 1.807) is 5.56 Å². The monoisotopic (exact) mass is 392 g/mol. The van der Waals surface area contributed by atoms with Crippen LogP contribution in [0.1, 0.15) is 34.2 Å². The first kappa shape index (κ1) is 19.6. The molecule has 104 valence electrons. The fourth-order valence-corrected chi connectivity index (χ4v) is 7.30. The Kier molecular flexibility index (Phi) is 9.07. The van der Waals surface area contributed by atoms with E-state index in [-0.39, 0.29) is 24.8 Å². The van der Waals surface area contributed by atoms with Crippen LogP contribution in [-0.4, -0.2) is 9.04 Å². The summed E-state index contributed by atoms with van der Waals surface area (Å²) in [7, 11) is -0.840. The molecule has 0 aliphatic heterocycles. The Morgan fingerprint density at radius 2 is 1.95 bits per heavy atom. The standard InChI is InChI=1S/C12H13.C2H7OSi.2ClH.Zr/c1-3-10-5-4-6-11-7-9(2)8-12(10)11;1-4(2)3;;;/h4-8H,3H2,1-2H3;4H,1-2H3;2*1H;/q;-1;;;+3/p-2. The van der Waals surface area contributed by atoms with Gasteiger partial charge in [0.15, 0.2) is 0 Å². The third-order valence-electron chi connectivity index (χ3n) is 3.17. The number of rotatable bonds is 4. The fraction of sp³-hybridized carbons (Fsp3) is 0.429. The SMILES string of the molecule is CCc1cccc2c1C=C(C)[CH]2[Zr+2][O][SiH](C)C.[Cl-].[Cl-]. The largest absolute Gasteiger partial charge is 1.00 e. The summed E-state index contributed by atoms with van der Waals surface area (Å²) in [6.07, 6.45) is 3.52. The van der Waals surface area contributed by atoms with Crippen molar-refractivity contribution in [2.45, 2.75) is 37.0 Å². The normalized spacial score (nSPS) is 16.1. The zero-order chi connectivity index (χ0) is 12.4. The summed E-state index contributed by atoms with van der Waals surface area (Å²) in [5.41, 5.74) is 6.06. The minimum absolute atomic E-state index is 0. The predicted octanol–water partition coefficient (Wildman–Crippen LogP) is -2.29. The quantitative estimate of drug-likeness (QED) is 0.523. The molecule has 5 heteroatoms. The predicted molar refractivity (Wildman–Crippen MR) is 72.2 cm³/mol. The van der Waals surface area contributed by atoms with Crippen LogP contribution in [-0.2, 0) is 32.6 Å². The molecule has 2 rings (SSSR count). The third kappa shape index (κ3) is 4.54. The summed E-state index contributed by atoms with van der Waals surface area (Å²) in [5, 5.41) is 0. The Bertz CT molecular complexity index is 449. The van der Waals surface area contributed by atoms with E-state index in [9.17, 15) is 0 Å². The van der Waals surface area contributed by atoms with Crippen molar-refractivity contribution < 1.29 is 51.0 Å². The molecule has 1 aliphatic carbocycles. The van der Waals surface area contributed by atoms with Gasteiger partial charge in [-0.3, -0.25) is 0 Å². The van der Waals surface area contributed by atoms with Gasteiger partial charge in [-0.25, -0.2) is 0 Å². The Hall–Kier alpha value is 0.600. The molecule has 0 heterocycles. The summed E-state index contributed by atoms with van der Waals surface area (Å²) in [5.74, 6) is 0. The molecule has 1 nitrogen and oxygen atoms in total. The van der Waals surface area contributed by atoms with Crippen LogP contribution < -0.4 is 24.8 Å². The van der Waals surface area contributed by atoms with Crippen molar-refractivity contribution in [3.8, 4) is 0 Å². The summed E-state index contributed by atoms with van der Waals surface area (Å²) < 4.78 is 6.76. The smallest absolute Gasteiger partial charge is 1.00 e. The molecule has 1 aromatic rings. The van der Waals surface area contributed by atoms with Crippen LogP contribution in [0.4, 0.5) is 0 Å². The maximum Gasteiger partial charge on any atom is -1.00 e. The average Bonchev–Trinajstić information content (AvgIpc) is 2.62. The van der Waals surface area contributed by atoms with Gasteiger partial charge < -0.3 is 24.8 Å². The summed E-state index contributed by atoms with van der Waals surface area (Å²) in [6.45, 7) is 9.07. The molecule has 0 aromatic heterocycles. The Labute approximate surface area is 142 Å². The number of hydrogen-bond acceptors (Lipinski definition) is 1. The molecule has 0 radical (unpaired) electrons. The van der Waals surface area contributed by atoms with Gasteiger partial charge in [0.1, 0.15) is 0 Å². The van der Waals surface area contributed by atoms with Crippen molar-refractivity contribution in [3.63, 3.8) is 0 Å². The summed E-state index contributed by atoms with van der Waals surface area (Å²) in [4.78, 5) is 0. The first-order valence-corrected chi connectivity index (χ1v) is 11.5. The van der Waals surface area contributed by atoms with Crippen LogP contribution >= 0.6 is 0 Å². The third-order valence-corrected chi connectivity index (χ3v) is 10.7. The van der Waals surface area contributed by atoms with E-state index in [2.05, 4.69) is 51.2 Å². The molecule has 1 aliphatic rings. The molecule has 0 saturated carbocycles. The van der Waals surface area contributed by atoms with E-state index in [1.807, 2.05) is 0 Å². The maximum atomic E-state index is 6.09. The van der Waals surface area contributed by atoms with E-state index >= 15 is 0 Å². The van der Waals surface area contributed by atoms with E-state index in [0.717, 1.165) is 6.42 Å². The van der Waals surface area contributed by atoms with Gasteiger partial charge >= 0.3 is 119 Å². The zero-order valence-electron chi connectivity index (χ0n) is 11.8. The molecule has 1 unspecified atom stereocenters. The first-order valence-electron chi connectivity index (χ1n) is 6.34. The topological polar surface area (TPSA) is 9.23 Å². The van der Waals surface area contributed by atoms with Crippen LogP contribution in [0.25, 0.3) is 6.08 Å². The van der Waals surface area contributed by atoms with Gasteiger partial charge in [0.25, 0.3) is 0 Å². The number of halogens is 2. The second-order valence-corrected chi connectivity index (χ2v) is 10.9. The number of benzene rings is 1. The van der Waals surface area contributed by atoms with Crippen molar-refractivity contribution in [1.29, 1.82) is 0 Å². The molecular weight excluding hydrogens is 374 g/mol. The van der Waals surface area contributed by atoms with E-state index in [0.29, 0.717) is 3.63 Å². The second-order valence-electron chi connectivity index (χ2n) is 4.88. The minimum Gasteiger partial charge on any atom is -1.00 e. The Morgan fingerprint density at radius 1 is 1.26 bits per heavy atom. The van der Waals surface area contributed by atoms with Gasteiger partial charge in [-0.05, 0) is 0 Å². The van der Waals surface area contributed by atoms with Crippen LogP contribution in [0.15, 0.2) is 23.8 Å². The Balaban J connectivity index is 0.00000162. The Morgan fingerprint density at radius 3 is 2.53 bits per heavy atom. The van der Waals surface area contributed by atoms with Crippen LogP contribution in [0.5, 0.6) is 0 Å². The molecule has 0 spiro atoms. The number of allylic oxidation sites excluding steroid dienone is 1. The first-order chi connectivity index (χ1) is 8.13. The van der Waals surface area contributed by atoms with Crippen molar-refractivity contribution in [2.24, 2.45) is 0 Å². The number of hydrogen-bond donors (Lipinski definition) is 0. The maximum absolute atomic E-state index is 6.09. The van der Waals surface area contributed by atoms with Gasteiger partial charge in [-0.1, -0.05) is 0 Å². The molecule has 0 amide bonds. The van der Waals surface area contributed by atoms with Crippen LogP contribution in [0.2, 0.25) is 13.1 Å². The van der Waals surface area contributed by atoms with Gasteiger partial charge in [-0.15, -0.1) is 0 Å².